The zero-order chi connectivity index (χ0) is 10.9. The average Bonchev–Trinajstić information content (AvgIpc) is 2.67. The molecule has 0 amide bonds. The van der Waals surface area contributed by atoms with Gasteiger partial charge in [0.1, 0.15) is 4.88 Å². The number of nitrogens with zero attached hydrogens (tertiary/aromatic N) is 2. The summed E-state index contributed by atoms with van der Waals surface area (Å²) in [6.45, 7) is 2.29. The highest BCUT2D eigenvalue weighted by atomic mass is 32.1. The smallest absolute Gasteiger partial charge is 0.378 e. The summed E-state index contributed by atoms with van der Waals surface area (Å²) in [5, 5.41) is 0.422. The molecule has 3 nitrogen and oxygen atoms in total. The van der Waals surface area contributed by atoms with Crippen molar-refractivity contribution in [3.8, 4) is 0 Å². The lowest BCUT2D eigenvalue weighted by Crippen LogP contribution is -2.36. The van der Waals surface area contributed by atoms with Gasteiger partial charge < -0.3 is 9.64 Å². The van der Waals surface area contributed by atoms with E-state index in [9.17, 15) is 13.2 Å². The highest BCUT2D eigenvalue weighted by molar-refractivity contribution is 7.15. The van der Waals surface area contributed by atoms with E-state index in [0.717, 1.165) is 6.20 Å². The number of thiazole rings is 1. The molecular formula is C8H9F3N2OS. The Kier molecular flexibility index (Phi) is 2.83. The van der Waals surface area contributed by atoms with Crippen LogP contribution in [-0.4, -0.2) is 31.3 Å². The molecule has 0 aliphatic carbocycles. The van der Waals surface area contributed by atoms with E-state index >= 15 is 0 Å². The second-order valence-corrected chi connectivity index (χ2v) is 4.11. The van der Waals surface area contributed by atoms with Crippen LogP contribution in [0, 0.1) is 0 Å². The fourth-order valence-corrected chi connectivity index (χ4v) is 2.13. The van der Waals surface area contributed by atoms with Crippen molar-refractivity contribution in [1.82, 2.24) is 4.98 Å². The molecule has 1 aromatic heterocycles. The lowest BCUT2D eigenvalue weighted by atomic mass is 10.5. The number of alkyl halides is 3. The van der Waals surface area contributed by atoms with Gasteiger partial charge in [-0.15, -0.1) is 0 Å². The molecule has 0 saturated carbocycles. The Balaban J connectivity index is 2.12. The number of anilines is 1. The number of hydrogen-bond donors (Lipinski definition) is 0. The molecule has 0 aromatic carbocycles. The minimum Gasteiger partial charge on any atom is -0.378 e. The third kappa shape index (κ3) is 2.40. The molecule has 0 bridgehead atoms. The maximum atomic E-state index is 12.3. The number of rotatable bonds is 1. The Morgan fingerprint density at radius 2 is 2.00 bits per heavy atom. The van der Waals surface area contributed by atoms with Crippen LogP contribution in [0.4, 0.5) is 18.3 Å². The van der Waals surface area contributed by atoms with Gasteiger partial charge in [0, 0.05) is 13.1 Å². The van der Waals surface area contributed by atoms with Crippen LogP contribution in [0.5, 0.6) is 0 Å². The first-order chi connectivity index (χ1) is 7.07. The lowest BCUT2D eigenvalue weighted by molar-refractivity contribution is -0.134. The van der Waals surface area contributed by atoms with Crippen LogP contribution in [0.25, 0.3) is 0 Å². The summed E-state index contributed by atoms with van der Waals surface area (Å²) in [7, 11) is 0. The van der Waals surface area contributed by atoms with Crippen molar-refractivity contribution < 1.29 is 17.9 Å². The zero-order valence-electron chi connectivity index (χ0n) is 7.75. The van der Waals surface area contributed by atoms with E-state index < -0.39 is 11.1 Å². The summed E-state index contributed by atoms with van der Waals surface area (Å²) in [6, 6.07) is 0. The minimum atomic E-state index is -4.29. The van der Waals surface area contributed by atoms with Gasteiger partial charge in [0.15, 0.2) is 5.13 Å². The Morgan fingerprint density at radius 1 is 1.33 bits per heavy atom. The van der Waals surface area contributed by atoms with Crippen LogP contribution in [0.3, 0.4) is 0 Å². The van der Waals surface area contributed by atoms with Crippen LogP contribution >= 0.6 is 11.3 Å². The molecule has 84 valence electrons. The highest BCUT2D eigenvalue weighted by Gasteiger charge is 2.34. The van der Waals surface area contributed by atoms with Crippen molar-refractivity contribution in [2.75, 3.05) is 31.2 Å². The van der Waals surface area contributed by atoms with E-state index in [4.69, 9.17) is 4.74 Å². The van der Waals surface area contributed by atoms with Gasteiger partial charge >= 0.3 is 6.18 Å². The highest BCUT2D eigenvalue weighted by Crippen LogP contribution is 2.36. The molecule has 0 atom stereocenters. The van der Waals surface area contributed by atoms with Gasteiger partial charge in [-0.05, 0) is 0 Å². The Bertz CT molecular complexity index is 333. The third-order valence-corrected chi connectivity index (χ3v) is 3.16. The summed E-state index contributed by atoms with van der Waals surface area (Å²) >= 11 is 0.681. The standard InChI is InChI=1S/C8H9F3N2OS/c9-8(10,11)6-5-12-7(15-6)13-1-3-14-4-2-13/h5H,1-4H2. The largest absolute Gasteiger partial charge is 0.427 e. The summed E-state index contributed by atoms with van der Waals surface area (Å²) < 4.78 is 42.0. The first-order valence-corrected chi connectivity index (χ1v) is 5.25. The van der Waals surface area contributed by atoms with Crippen LogP contribution < -0.4 is 4.90 Å². The molecule has 1 fully saturated rings. The van der Waals surface area contributed by atoms with Crippen molar-refractivity contribution in [3.05, 3.63) is 11.1 Å². The molecular weight excluding hydrogens is 229 g/mol. The minimum absolute atomic E-state index is 0.422. The molecule has 0 unspecified atom stereocenters. The third-order valence-electron chi connectivity index (χ3n) is 2.05. The molecule has 1 aliphatic rings. The Labute approximate surface area is 88.5 Å². The quantitative estimate of drug-likeness (QED) is 0.748. The van der Waals surface area contributed by atoms with E-state index in [2.05, 4.69) is 4.98 Å². The van der Waals surface area contributed by atoms with Gasteiger partial charge in [0.25, 0.3) is 0 Å². The van der Waals surface area contributed by atoms with Gasteiger partial charge in [0.2, 0.25) is 0 Å². The fourth-order valence-electron chi connectivity index (χ4n) is 1.30. The fraction of sp³-hybridized carbons (Fsp3) is 0.625. The monoisotopic (exact) mass is 238 g/mol. The number of ether oxygens (including phenoxy) is 1. The number of aromatic nitrogens is 1. The van der Waals surface area contributed by atoms with Crippen molar-refractivity contribution in [3.63, 3.8) is 0 Å². The summed E-state index contributed by atoms with van der Waals surface area (Å²) in [5.41, 5.74) is 0. The molecule has 0 radical (unpaired) electrons. The predicted molar refractivity (Wildman–Crippen MR) is 50.1 cm³/mol. The second kappa shape index (κ2) is 3.97. The first-order valence-electron chi connectivity index (χ1n) is 4.43. The normalized spacial score (nSPS) is 18.2. The van der Waals surface area contributed by atoms with Crippen LogP contribution in [-0.2, 0) is 10.9 Å². The second-order valence-electron chi connectivity index (χ2n) is 3.10. The van der Waals surface area contributed by atoms with Gasteiger partial charge in [-0.25, -0.2) is 4.98 Å². The molecule has 2 heterocycles. The van der Waals surface area contributed by atoms with Gasteiger partial charge in [0.05, 0.1) is 19.4 Å². The molecule has 0 spiro atoms. The first kappa shape index (κ1) is 10.7. The molecule has 15 heavy (non-hydrogen) atoms. The van der Waals surface area contributed by atoms with E-state index in [1.165, 1.54) is 0 Å². The summed E-state index contributed by atoms with van der Waals surface area (Å²) in [4.78, 5) is 4.94. The van der Waals surface area contributed by atoms with Gasteiger partial charge in [-0.3, -0.25) is 0 Å². The molecule has 7 heteroatoms. The van der Waals surface area contributed by atoms with E-state index in [0.29, 0.717) is 42.8 Å². The maximum absolute atomic E-state index is 12.3. The van der Waals surface area contributed by atoms with E-state index in [1.54, 1.807) is 0 Å². The molecule has 1 aromatic rings. The van der Waals surface area contributed by atoms with Crippen LogP contribution in [0.2, 0.25) is 0 Å². The van der Waals surface area contributed by atoms with Crippen LogP contribution in [0.15, 0.2) is 6.20 Å². The molecule has 2 rings (SSSR count). The maximum Gasteiger partial charge on any atom is 0.427 e. The SMILES string of the molecule is FC(F)(F)c1cnc(N2CCOCC2)s1. The number of halogens is 3. The molecule has 1 aliphatic heterocycles. The van der Waals surface area contributed by atoms with E-state index in [-0.39, 0.29) is 0 Å². The summed E-state index contributed by atoms with van der Waals surface area (Å²) in [5.74, 6) is 0. The zero-order valence-corrected chi connectivity index (χ0v) is 8.57. The van der Waals surface area contributed by atoms with Crippen molar-refractivity contribution >= 4 is 16.5 Å². The van der Waals surface area contributed by atoms with Gasteiger partial charge in [-0.1, -0.05) is 11.3 Å². The average molecular weight is 238 g/mol. The number of hydrogen-bond acceptors (Lipinski definition) is 4. The lowest BCUT2D eigenvalue weighted by Gasteiger charge is -2.25. The van der Waals surface area contributed by atoms with E-state index in [1.807, 2.05) is 4.90 Å². The van der Waals surface area contributed by atoms with Gasteiger partial charge in [-0.2, -0.15) is 13.2 Å². The summed E-state index contributed by atoms with van der Waals surface area (Å²) in [6.07, 6.45) is -3.41. The molecule has 1 saturated heterocycles. The Morgan fingerprint density at radius 3 is 2.53 bits per heavy atom. The van der Waals surface area contributed by atoms with Crippen LogP contribution in [0.1, 0.15) is 4.88 Å². The van der Waals surface area contributed by atoms with Crippen molar-refractivity contribution in [2.24, 2.45) is 0 Å². The topological polar surface area (TPSA) is 25.4 Å². The number of morpholine rings is 1. The van der Waals surface area contributed by atoms with Crippen molar-refractivity contribution in [1.29, 1.82) is 0 Å². The predicted octanol–water partition coefficient (Wildman–Crippen LogP) is 2.00. The van der Waals surface area contributed by atoms with Crippen molar-refractivity contribution in [2.45, 2.75) is 6.18 Å². The molecule has 0 N–H and O–H groups in total. The Hall–Kier alpha value is -0.820.